The highest BCUT2D eigenvalue weighted by molar-refractivity contribution is 7.99. The molecule has 0 aliphatic carbocycles. The van der Waals surface area contributed by atoms with Gasteiger partial charge in [-0.05, 0) is 42.4 Å². The molecule has 0 amide bonds. The number of anilines is 2. The van der Waals surface area contributed by atoms with E-state index in [1.165, 1.54) is 17.8 Å². The number of benzene rings is 1. The van der Waals surface area contributed by atoms with Crippen LogP contribution in [0.4, 0.5) is 11.6 Å². The molecule has 5 nitrogen and oxygen atoms in total. The van der Waals surface area contributed by atoms with E-state index in [1.807, 2.05) is 18.2 Å². The first-order valence-corrected chi connectivity index (χ1v) is 7.85. The van der Waals surface area contributed by atoms with Gasteiger partial charge in [0, 0.05) is 22.5 Å². The lowest BCUT2D eigenvalue weighted by Gasteiger charge is -2.11. The molecule has 0 atom stereocenters. The fourth-order valence-electron chi connectivity index (χ4n) is 1.80. The molecular weight excluding hydrogens is 306 g/mol. The van der Waals surface area contributed by atoms with Crippen molar-refractivity contribution in [2.24, 2.45) is 0 Å². The summed E-state index contributed by atoms with van der Waals surface area (Å²) >= 11 is 7.70. The van der Waals surface area contributed by atoms with Crippen LogP contribution < -0.4 is 16.8 Å². The molecule has 0 saturated heterocycles. The lowest BCUT2D eigenvalue weighted by Crippen LogP contribution is -2.14. The van der Waals surface area contributed by atoms with Crippen molar-refractivity contribution in [2.75, 3.05) is 18.0 Å². The summed E-state index contributed by atoms with van der Waals surface area (Å²) in [5.41, 5.74) is 12.4. The van der Waals surface area contributed by atoms with Crippen molar-refractivity contribution in [3.63, 3.8) is 0 Å². The average Bonchev–Trinajstić information content (AvgIpc) is 2.41. The Morgan fingerprint density at radius 3 is 2.62 bits per heavy atom. The lowest BCUT2D eigenvalue weighted by atomic mass is 10.2. The van der Waals surface area contributed by atoms with Gasteiger partial charge < -0.3 is 16.8 Å². The minimum absolute atomic E-state index is 0.359. The van der Waals surface area contributed by atoms with Crippen LogP contribution in [0.15, 0.2) is 34.3 Å². The molecule has 5 N–H and O–H groups in total. The Morgan fingerprint density at radius 2 is 1.95 bits per heavy atom. The van der Waals surface area contributed by atoms with Crippen LogP contribution in [0.2, 0.25) is 5.02 Å². The van der Waals surface area contributed by atoms with Crippen molar-refractivity contribution in [3.8, 4) is 0 Å². The monoisotopic (exact) mass is 323 g/mol. The Labute approximate surface area is 133 Å². The van der Waals surface area contributed by atoms with Gasteiger partial charge in [-0.25, -0.2) is 9.97 Å². The molecule has 21 heavy (non-hydrogen) atoms. The summed E-state index contributed by atoms with van der Waals surface area (Å²) in [6, 6.07) is 7.31. The fraction of sp³-hybridized carbons (Fsp3) is 0.286. The summed E-state index contributed by atoms with van der Waals surface area (Å²) in [7, 11) is 0. The van der Waals surface area contributed by atoms with E-state index in [9.17, 15) is 0 Å². The molecule has 0 bridgehead atoms. The molecule has 0 fully saturated rings. The maximum absolute atomic E-state index is 6.29. The lowest BCUT2D eigenvalue weighted by molar-refractivity contribution is 0.669. The molecule has 0 saturated carbocycles. The summed E-state index contributed by atoms with van der Waals surface area (Å²) in [6.45, 7) is 3.77. The molecule has 0 spiro atoms. The first-order chi connectivity index (χ1) is 10.1. The Balaban J connectivity index is 2.24. The number of aromatic nitrogens is 2. The van der Waals surface area contributed by atoms with Crippen molar-refractivity contribution in [3.05, 3.63) is 34.9 Å². The molecule has 7 heteroatoms. The van der Waals surface area contributed by atoms with Gasteiger partial charge >= 0.3 is 0 Å². The molecule has 1 aromatic carbocycles. The Bertz CT molecular complexity index is 600. The van der Waals surface area contributed by atoms with Crippen LogP contribution in [0.5, 0.6) is 0 Å². The highest BCUT2D eigenvalue weighted by atomic mass is 35.5. The third-order valence-corrected chi connectivity index (χ3v) is 4.07. The number of nitrogens with two attached hydrogens (primary N) is 2. The fourth-order valence-corrected chi connectivity index (χ4v) is 3.05. The van der Waals surface area contributed by atoms with Crippen molar-refractivity contribution >= 4 is 35.0 Å². The van der Waals surface area contributed by atoms with Crippen LogP contribution >= 0.6 is 23.4 Å². The van der Waals surface area contributed by atoms with E-state index >= 15 is 0 Å². The van der Waals surface area contributed by atoms with E-state index in [4.69, 9.17) is 23.1 Å². The number of hydrogen-bond donors (Lipinski definition) is 3. The molecule has 1 aromatic heterocycles. The number of hydrogen-bond acceptors (Lipinski definition) is 6. The molecule has 0 unspecified atom stereocenters. The number of nitrogens with zero attached hydrogens (tertiary/aromatic N) is 2. The minimum Gasteiger partial charge on any atom is -0.383 e. The molecule has 0 aliphatic rings. The zero-order valence-electron chi connectivity index (χ0n) is 11.8. The van der Waals surface area contributed by atoms with Crippen LogP contribution in [0.1, 0.15) is 18.9 Å². The Hall–Kier alpha value is -1.50. The first kappa shape index (κ1) is 15.9. The Morgan fingerprint density at radius 1 is 1.24 bits per heavy atom. The second-order valence-electron chi connectivity index (χ2n) is 4.50. The van der Waals surface area contributed by atoms with E-state index in [1.54, 1.807) is 0 Å². The smallest absolute Gasteiger partial charge is 0.196 e. The van der Waals surface area contributed by atoms with Crippen LogP contribution in [-0.4, -0.2) is 16.5 Å². The predicted molar refractivity (Wildman–Crippen MR) is 88.4 cm³/mol. The third kappa shape index (κ3) is 4.49. The van der Waals surface area contributed by atoms with Gasteiger partial charge in [0.1, 0.15) is 11.6 Å². The van der Waals surface area contributed by atoms with Crippen LogP contribution in [-0.2, 0) is 6.54 Å². The van der Waals surface area contributed by atoms with Crippen molar-refractivity contribution in [1.82, 2.24) is 15.3 Å². The van der Waals surface area contributed by atoms with Gasteiger partial charge in [0.25, 0.3) is 0 Å². The van der Waals surface area contributed by atoms with Crippen LogP contribution in [0.3, 0.4) is 0 Å². The van der Waals surface area contributed by atoms with Gasteiger partial charge in [0.15, 0.2) is 5.16 Å². The van der Waals surface area contributed by atoms with Gasteiger partial charge in [-0.15, -0.1) is 0 Å². The molecule has 0 aliphatic heterocycles. The normalized spacial score (nSPS) is 10.8. The topological polar surface area (TPSA) is 89.8 Å². The minimum atomic E-state index is 0.359. The quantitative estimate of drug-likeness (QED) is 0.559. The molecular formula is C14H18ClN5S. The summed E-state index contributed by atoms with van der Waals surface area (Å²) < 4.78 is 0. The van der Waals surface area contributed by atoms with Crippen molar-refractivity contribution in [1.29, 1.82) is 0 Å². The van der Waals surface area contributed by atoms with Gasteiger partial charge in [-0.2, -0.15) is 0 Å². The third-order valence-electron chi connectivity index (χ3n) is 2.75. The highest BCUT2D eigenvalue weighted by Crippen LogP contribution is 2.32. The molecule has 1 heterocycles. The summed E-state index contributed by atoms with van der Waals surface area (Å²) in [5, 5.41) is 4.60. The van der Waals surface area contributed by atoms with Gasteiger partial charge in [-0.3, -0.25) is 0 Å². The van der Waals surface area contributed by atoms with Gasteiger partial charge in [-0.1, -0.05) is 24.6 Å². The summed E-state index contributed by atoms with van der Waals surface area (Å²) in [5.74, 6) is 0.718. The second-order valence-corrected chi connectivity index (χ2v) is 5.91. The van der Waals surface area contributed by atoms with Crippen molar-refractivity contribution in [2.45, 2.75) is 29.9 Å². The first-order valence-electron chi connectivity index (χ1n) is 6.66. The summed E-state index contributed by atoms with van der Waals surface area (Å²) in [4.78, 5) is 9.36. The zero-order chi connectivity index (χ0) is 15.2. The maximum Gasteiger partial charge on any atom is 0.196 e. The van der Waals surface area contributed by atoms with E-state index < -0.39 is 0 Å². The van der Waals surface area contributed by atoms with E-state index in [-0.39, 0.29) is 0 Å². The maximum atomic E-state index is 6.29. The number of nitrogen functional groups attached to an aromatic ring is 2. The van der Waals surface area contributed by atoms with Crippen LogP contribution in [0, 0.1) is 0 Å². The zero-order valence-corrected chi connectivity index (χ0v) is 13.3. The standard InChI is InChI=1S/C14H18ClN5S/c1-2-6-18-8-9-10(15)4-3-5-11(9)21-14-19-12(16)7-13(17)20-14/h3-5,7,18H,2,6,8H2,1H3,(H4,16,17,19,20). The van der Waals surface area contributed by atoms with E-state index in [2.05, 4.69) is 22.2 Å². The molecule has 0 radical (unpaired) electrons. The molecule has 112 valence electrons. The molecule has 2 rings (SSSR count). The van der Waals surface area contributed by atoms with Gasteiger partial charge in [0.2, 0.25) is 0 Å². The van der Waals surface area contributed by atoms with Crippen LogP contribution in [0.25, 0.3) is 0 Å². The second kappa shape index (κ2) is 7.49. The van der Waals surface area contributed by atoms with Crippen molar-refractivity contribution < 1.29 is 0 Å². The average molecular weight is 324 g/mol. The SMILES string of the molecule is CCCNCc1c(Cl)cccc1Sc1nc(N)cc(N)n1. The summed E-state index contributed by atoms with van der Waals surface area (Å²) in [6.07, 6.45) is 1.07. The van der Waals surface area contributed by atoms with Gasteiger partial charge in [0.05, 0.1) is 0 Å². The largest absolute Gasteiger partial charge is 0.383 e. The number of nitrogens with one attached hydrogen (secondary N) is 1. The van der Waals surface area contributed by atoms with E-state index in [0.717, 1.165) is 28.4 Å². The molecule has 2 aromatic rings. The Kier molecular flexibility index (Phi) is 5.67. The highest BCUT2D eigenvalue weighted by Gasteiger charge is 2.10. The number of halogens is 1. The number of rotatable bonds is 6. The van der Waals surface area contributed by atoms with E-state index in [0.29, 0.717) is 23.3 Å². The predicted octanol–water partition coefficient (Wildman–Crippen LogP) is 2.95.